The number of benzene rings is 1. The largest absolute Gasteiger partial charge is 0.385 e. The molecule has 1 aromatic rings. The van der Waals surface area contributed by atoms with E-state index in [0.29, 0.717) is 12.5 Å². The fourth-order valence-electron chi connectivity index (χ4n) is 3.71. The third-order valence-corrected chi connectivity index (χ3v) is 5.59. The van der Waals surface area contributed by atoms with Gasteiger partial charge in [0.25, 0.3) is 0 Å². The molecule has 0 aromatic heterocycles. The average Bonchev–Trinajstić information content (AvgIpc) is 2.75. The maximum atomic E-state index is 13.9. The molecule has 1 heterocycles. The Morgan fingerprint density at radius 3 is 2.65 bits per heavy atom. The van der Waals surface area contributed by atoms with Gasteiger partial charge in [-0.15, -0.1) is 24.0 Å². The highest BCUT2D eigenvalue weighted by molar-refractivity contribution is 14.0. The van der Waals surface area contributed by atoms with Gasteiger partial charge in [-0.2, -0.15) is 0 Å². The number of nitrogens with zero attached hydrogens (tertiary/aromatic N) is 3. The van der Waals surface area contributed by atoms with E-state index in [-0.39, 0.29) is 29.8 Å². The van der Waals surface area contributed by atoms with Gasteiger partial charge in [0.15, 0.2) is 5.96 Å². The van der Waals surface area contributed by atoms with Crippen LogP contribution in [0, 0.1) is 11.7 Å². The molecule has 1 aliphatic rings. The minimum atomic E-state index is -0.102. The molecule has 0 spiro atoms. The minimum absolute atomic E-state index is 0. The van der Waals surface area contributed by atoms with Gasteiger partial charge >= 0.3 is 0 Å². The molecular formula is C23H41FIN5O. The molecule has 0 aliphatic carbocycles. The molecule has 1 fully saturated rings. The lowest BCUT2D eigenvalue weighted by Crippen LogP contribution is -2.41. The number of ether oxygens (including phenoxy) is 1. The van der Waals surface area contributed by atoms with Crippen molar-refractivity contribution in [1.82, 2.24) is 20.4 Å². The molecule has 0 unspecified atom stereocenters. The van der Waals surface area contributed by atoms with Gasteiger partial charge in [0, 0.05) is 58.5 Å². The van der Waals surface area contributed by atoms with Crippen molar-refractivity contribution in [1.29, 1.82) is 0 Å². The zero-order valence-electron chi connectivity index (χ0n) is 19.4. The molecule has 1 saturated heterocycles. The molecule has 0 saturated carbocycles. The highest BCUT2D eigenvalue weighted by Crippen LogP contribution is 2.20. The first-order valence-electron chi connectivity index (χ1n) is 11.3. The first-order valence-corrected chi connectivity index (χ1v) is 11.3. The normalized spacial score (nSPS) is 15.7. The predicted molar refractivity (Wildman–Crippen MR) is 138 cm³/mol. The Morgan fingerprint density at radius 1 is 1.23 bits per heavy atom. The number of methoxy groups -OCH3 is 1. The first-order chi connectivity index (χ1) is 14.6. The van der Waals surface area contributed by atoms with E-state index in [9.17, 15) is 4.39 Å². The Morgan fingerprint density at radius 2 is 1.97 bits per heavy atom. The van der Waals surface area contributed by atoms with E-state index in [4.69, 9.17) is 9.73 Å². The highest BCUT2D eigenvalue weighted by Gasteiger charge is 2.20. The standard InChI is InChI=1S/C23H40FN5O.HI/c1-4-25-23(26-12-16-28(2)13-7-17-30-3)27-18-20-10-14-29(15-11-20)19-21-8-5-6-9-22(21)24;/h5-6,8-9,20H,4,7,10-19H2,1-3H3,(H2,25,26,27);1H. The first kappa shape index (κ1) is 28.1. The van der Waals surface area contributed by atoms with Crippen LogP contribution in [-0.2, 0) is 11.3 Å². The molecule has 1 aliphatic heterocycles. The van der Waals surface area contributed by atoms with Gasteiger partial charge in [-0.3, -0.25) is 9.89 Å². The van der Waals surface area contributed by atoms with E-state index in [2.05, 4.69) is 34.4 Å². The summed E-state index contributed by atoms with van der Waals surface area (Å²) in [7, 11) is 3.88. The molecule has 0 bridgehead atoms. The lowest BCUT2D eigenvalue weighted by molar-refractivity contribution is 0.178. The van der Waals surface area contributed by atoms with E-state index in [1.54, 1.807) is 19.2 Å². The van der Waals surface area contributed by atoms with Crippen molar-refractivity contribution in [3.63, 3.8) is 0 Å². The zero-order chi connectivity index (χ0) is 21.6. The van der Waals surface area contributed by atoms with Crippen molar-refractivity contribution in [3.05, 3.63) is 35.6 Å². The summed E-state index contributed by atoms with van der Waals surface area (Å²) < 4.78 is 19.0. The van der Waals surface area contributed by atoms with E-state index < -0.39 is 0 Å². The molecular weight excluding hydrogens is 508 g/mol. The van der Waals surface area contributed by atoms with Gasteiger partial charge in [0.1, 0.15) is 5.82 Å². The molecule has 0 atom stereocenters. The number of halogens is 2. The number of likely N-dealkylation sites (tertiary alicyclic amines) is 1. The second-order valence-corrected chi connectivity index (χ2v) is 8.11. The monoisotopic (exact) mass is 549 g/mol. The number of hydrogen-bond acceptors (Lipinski definition) is 4. The molecule has 2 N–H and O–H groups in total. The summed E-state index contributed by atoms with van der Waals surface area (Å²) in [5.74, 6) is 1.39. The molecule has 2 rings (SSSR count). The van der Waals surface area contributed by atoms with Gasteiger partial charge in [-0.25, -0.2) is 4.39 Å². The maximum Gasteiger partial charge on any atom is 0.191 e. The van der Waals surface area contributed by atoms with Gasteiger partial charge in [0.2, 0.25) is 0 Å². The Bertz CT molecular complexity index is 626. The number of hydrogen-bond donors (Lipinski definition) is 2. The van der Waals surface area contributed by atoms with Gasteiger partial charge in [-0.05, 0) is 58.3 Å². The van der Waals surface area contributed by atoms with Gasteiger partial charge < -0.3 is 20.3 Å². The fourth-order valence-corrected chi connectivity index (χ4v) is 3.71. The molecule has 8 heteroatoms. The summed E-state index contributed by atoms with van der Waals surface area (Å²) in [6.07, 6.45) is 3.27. The fraction of sp³-hybridized carbons (Fsp3) is 0.696. The Balaban J connectivity index is 0.00000480. The molecule has 31 heavy (non-hydrogen) atoms. The summed E-state index contributed by atoms with van der Waals surface area (Å²) in [4.78, 5) is 9.47. The molecule has 1 aromatic carbocycles. The van der Waals surface area contributed by atoms with Crippen LogP contribution < -0.4 is 10.6 Å². The Kier molecular flexibility index (Phi) is 15.1. The summed E-state index contributed by atoms with van der Waals surface area (Å²) in [6, 6.07) is 7.09. The number of aliphatic imine (C=N–C) groups is 1. The zero-order valence-corrected chi connectivity index (χ0v) is 21.7. The molecule has 0 amide bonds. The second-order valence-electron chi connectivity index (χ2n) is 8.11. The average molecular weight is 550 g/mol. The summed E-state index contributed by atoms with van der Waals surface area (Å²) in [6.45, 7) is 10.2. The lowest BCUT2D eigenvalue weighted by atomic mass is 9.96. The Labute approximate surface area is 205 Å². The van der Waals surface area contributed by atoms with Crippen LogP contribution in [0.25, 0.3) is 0 Å². The topological polar surface area (TPSA) is 52.1 Å². The van der Waals surface area contributed by atoms with Crippen LogP contribution in [0.1, 0.15) is 31.7 Å². The van der Waals surface area contributed by atoms with E-state index in [0.717, 1.165) is 83.2 Å². The number of nitrogens with one attached hydrogen (secondary N) is 2. The lowest BCUT2D eigenvalue weighted by Gasteiger charge is -2.31. The minimum Gasteiger partial charge on any atom is -0.385 e. The summed E-state index contributed by atoms with van der Waals surface area (Å²) in [5, 5.41) is 6.79. The van der Waals surface area contributed by atoms with Crippen LogP contribution in [0.3, 0.4) is 0 Å². The number of rotatable bonds is 12. The smallest absolute Gasteiger partial charge is 0.191 e. The van der Waals surface area contributed by atoms with Gasteiger partial charge in [0.05, 0.1) is 0 Å². The quantitative estimate of drug-likeness (QED) is 0.182. The van der Waals surface area contributed by atoms with Gasteiger partial charge in [-0.1, -0.05) is 18.2 Å². The van der Waals surface area contributed by atoms with Crippen molar-refractivity contribution >= 4 is 29.9 Å². The van der Waals surface area contributed by atoms with Crippen molar-refractivity contribution in [3.8, 4) is 0 Å². The van der Waals surface area contributed by atoms with Crippen LogP contribution >= 0.6 is 24.0 Å². The molecule has 6 nitrogen and oxygen atoms in total. The van der Waals surface area contributed by atoms with Crippen molar-refractivity contribution < 1.29 is 9.13 Å². The van der Waals surface area contributed by atoms with Crippen molar-refractivity contribution in [2.45, 2.75) is 32.7 Å². The number of guanidine groups is 1. The Hall–Kier alpha value is -0.970. The SMILES string of the molecule is CCNC(=NCC1CCN(Cc2ccccc2F)CC1)NCCN(C)CCCOC.I. The maximum absolute atomic E-state index is 13.9. The van der Waals surface area contributed by atoms with E-state index >= 15 is 0 Å². The predicted octanol–water partition coefficient (Wildman–Crippen LogP) is 3.18. The third kappa shape index (κ3) is 11.5. The van der Waals surface area contributed by atoms with Crippen molar-refractivity contribution in [2.75, 3.05) is 66.6 Å². The summed E-state index contributed by atoms with van der Waals surface area (Å²) in [5.41, 5.74) is 0.791. The third-order valence-electron chi connectivity index (χ3n) is 5.59. The van der Waals surface area contributed by atoms with Crippen LogP contribution in [-0.4, -0.2) is 82.3 Å². The summed E-state index contributed by atoms with van der Waals surface area (Å²) >= 11 is 0. The number of piperidine rings is 1. The van der Waals surface area contributed by atoms with Crippen LogP contribution in [0.15, 0.2) is 29.3 Å². The van der Waals surface area contributed by atoms with Crippen LogP contribution in [0.5, 0.6) is 0 Å². The highest BCUT2D eigenvalue weighted by atomic mass is 127. The molecule has 0 radical (unpaired) electrons. The van der Waals surface area contributed by atoms with Crippen LogP contribution in [0.2, 0.25) is 0 Å². The van der Waals surface area contributed by atoms with Crippen LogP contribution in [0.4, 0.5) is 4.39 Å². The second kappa shape index (κ2) is 16.6. The number of likely N-dealkylation sites (N-methyl/N-ethyl adjacent to an activating group) is 1. The van der Waals surface area contributed by atoms with Crippen molar-refractivity contribution in [2.24, 2.45) is 10.9 Å². The van der Waals surface area contributed by atoms with E-state index in [1.165, 1.54) is 0 Å². The van der Waals surface area contributed by atoms with E-state index in [1.807, 2.05) is 12.1 Å². The molecule has 178 valence electrons.